The summed E-state index contributed by atoms with van der Waals surface area (Å²) in [5.74, 6) is -0.513. The number of carbonyl (C=O) groups is 1. The topological polar surface area (TPSA) is 85.4 Å². The van der Waals surface area contributed by atoms with Crippen molar-refractivity contribution in [3.8, 4) is 0 Å². The number of anilines is 1. The minimum Gasteiger partial charge on any atom is -0.391 e. The molecule has 1 unspecified atom stereocenters. The van der Waals surface area contributed by atoms with Crippen LogP contribution in [-0.2, 0) is 0 Å². The highest BCUT2D eigenvalue weighted by atomic mass is 19.1. The predicted molar refractivity (Wildman–Crippen MR) is 80.4 cm³/mol. The van der Waals surface area contributed by atoms with Gasteiger partial charge in [-0.05, 0) is 31.0 Å². The van der Waals surface area contributed by atoms with E-state index in [-0.39, 0.29) is 17.6 Å². The Hall–Kier alpha value is -2.41. The van der Waals surface area contributed by atoms with Crippen LogP contribution in [0.15, 0.2) is 29.2 Å². The van der Waals surface area contributed by atoms with E-state index in [2.05, 4.69) is 10.3 Å². The highest BCUT2D eigenvalue weighted by molar-refractivity contribution is 5.92. The summed E-state index contributed by atoms with van der Waals surface area (Å²) in [6.45, 7) is 0.773. The molecule has 22 heavy (non-hydrogen) atoms. The Morgan fingerprint density at radius 2 is 2.27 bits per heavy atom. The Labute approximate surface area is 125 Å². The summed E-state index contributed by atoms with van der Waals surface area (Å²) in [6, 6.07) is 3.42. The molecule has 1 atom stereocenters. The number of nitrogens with one attached hydrogen (secondary N) is 2. The van der Waals surface area contributed by atoms with Crippen LogP contribution in [0, 0.1) is 5.82 Å². The van der Waals surface area contributed by atoms with E-state index in [1.807, 2.05) is 0 Å². The summed E-state index contributed by atoms with van der Waals surface area (Å²) in [6.07, 6.45) is 2.23. The molecular formula is C15H16FN3O3. The van der Waals surface area contributed by atoms with Crippen molar-refractivity contribution in [1.82, 2.24) is 9.88 Å². The molecule has 1 aromatic carbocycles. The molecule has 0 radical (unpaired) electrons. The number of likely N-dealkylation sites (tertiary alicyclic amines) is 1. The van der Waals surface area contributed by atoms with Crippen LogP contribution in [-0.4, -0.2) is 40.2 Å². The number of β-amino-alcohol motifs (C(OH)–C–C–N with tert-alkyl or cyclic N) is 1. The fourth-order valence-electron chi connectivity index (χ4n) is 2.62. The number of urea groups is 1. The van der Waals surface area contributed by atoms with Crippen molar-refractivity contribution in [3.63, 3.8) is 0 Å². The van der Waals surface area contributed by atoms with Crippen molar-refractivity contribution in [3.05, 3.63) is 40.4 Å². The zero-order valence-electron chi connectivity index (χ0n) is 11.8. The zero-order chi connectivity index (χ0) is 15.7. The maximum absolute atomic E-state index is 13.3. The molecule has 0 spiro atoms. The van der Waals surface area contributed by atoms with Crippen molar-refractivity contribution in [1.29, 1.82) is 0 Å². The molecule has 3 rings (SSSR count). The molecule has 116 valence electrons. The molecule has 1 aromatic heterocycles. The first kappa shape index (κ1) is 14.5. The van der Waals surface area contributed by atoms with Gasteiger partial charge in [-0.2, -0.15) is 0 Å². The lowest BCUT2D eigenvalue weighted by Gasteiger charge is -2.30. The number of H-pyrrole nitrogens is 1. The van der Waals surface area contributed by atoms with Gasteiger partial charge in [0.1, 0.15) is 11.5 Å². The Morgan fingerprint density at radius 3 is 3.05 bits per heavy atom. The Morgan fingerprint density at radius 1 is 1.45 bits per heavy atom. The number of benzene rings is 1. The van der Waals surface area contributed by atoms with Gasteiger partial charge in [0.05, 0.1) is 11.5 Å². The average Bonchev–Trinajstić information content (AvgIpc) is 2.50. The molecule has 1 aliphatic rings. The summed E-state index contributed by atoms with van der Waals surface area (Å²) in [5, 5.41) is 12.3. The van der Waals surface area contributed by atoms with Gasteiger partial charge >= 0.3 is 6.03 Å². The monoisotopic (exact) mass is 305 g/mol. The van der Waals surface area contributed by atoms with E-state index in [4.69, 9.17) is 0 Å². The summed E-state index contributed by atoms with van der Waals surface area (Å²) < 4.78 is 13.3. The number of aliphatic hydroxyl groups is 1. The van der Waals surface area contributed by atoms with E-state index in [0.717, 1.165) is 6.07 Å². The van der Waals surface area contributed by atoms with Crippen LogP contribution in [0.3, 0.4) is 0 Å². The van der Waals surface area contributed by atoms with Crippen molar-refractivity contribution < 1.29 is 14.3 Å². The Kier molecular flexibility index (Phi) is 3.81. The number of nitrogens with zero attached hydrogens (tertiary/aromatic N) is 1. The van der Waals surface area contributed by atoms with E-state index in [9.17, 15) is 19.1 Å². The highest BCUT2D eigenvalue weighted by Crippen LogP contribution is 2.14. The second-order valence-electron chi connectivity index (χ2n) is 5.39. The van der Waals surface area contributed by atoms with Gasteiger partial charge in [0, 0.05) is 24.8 Å². The lowest BCUT2D eigenvalue weighted by atomic mass is 10.1. The number of fused-ring (bicyclic) bond motifs is 1. The predicted octanol–water partition coefficient (Wildman–Crippen LogP) is 1.66. The van der Waals surface area contributed by atoms with Crippen molar-refractivity contribution in [2.24, 2.45) is 0 Å². The maximum Gasteiger partial charge on any atom is 0.322 e. The van der Waals surface area contributed by atoms with Gasteiger partial charge in [-0.15, -0.1) is 0 Å². The molecule has 2 amide bonds. The lowest BCUT2D eigenvalue weighted by Crippen LogP contribution is -2.44. The number of halogens is 1. The molecule has 6 nitrogen and oxygen atoms in total. The first-order chi connectivity index (χ1) is 10.5. The molecular weight excluding hydrogens is 289 g/mol. The van der Waals surface area contributed by atoms with Crippen LogP contribution in [0.1, 0.15) is 12.8 Å². The molecule has 1 saturated heterocycles. The molecule has 2 heterocycles. The smallest absolute Gasteiger partial charge is 0.322 e. The molecule has 1 aliphatic heterocycles. The van der Waals surface area contributed by atoms with Crippen LogP contribution < -0.4 is 10.7 Å². The van der Waals surface area contributed by atoms with Crippen molar-refractivity contribution in [2.75, 3.05) is 18.4 Å². The van der Waals surface area contributed by atoms with Crippen LogP contribution in [0.2, 0.25) is 0 Å². The normalized spacial score (nSPS) is 18.5. The molecule has 1 fully saturated rings. The van der Waals surface area contributed by atoms with E-state index in [0.29, 0.717) is 24.9 Å². The number of amides is 2. The first-order valence-electron chi connectivity index (χ1n) is 7.09. The maximum atomic E-state index is 13.3. The fraction of sp³-hybridized carbons (Fsp3) is 0.333. The number of aromatic nitrogens is 1. The van der Waals surface area contributed by atoms with Crippen molar-refractivity contribution in [2.45, 2.75) is 18.9 Å². The molecule has 7 heteroatoms. The standard InChI is InChI=1S/C15H16FN3O3/c16-9-3-4-12-11(6-9)14(21)13(7-17-12)18-15(22)19-5-1-2-10(20)8-19/h3-4,6-7,10,20H,1-2,5,8H2,(H,17,21)(H,18,22). The quantitative estimate of drug-likeness (QED) is 0.749. The molecule has 3 N–H and O–H groups in total. The number of hydrogen-bond acceptors (Lipinski definition) is 3. The second-order valence-corrected chi connectivity index (χ2v) is 5.39. The van der Waals surface area contributed by atoms with Gasteiger partial charge in [0.15, 0.2) is 0 Å². The summed E-state index contributed by atoms with van der Waals surface area (Å²) in [7, 11) is 0. The number of carbonyl (C=O) groups excluding carboxylic acids is 1. The SMILES string of the molecule is O=C(Nc1c[nH]c2ccc(F)cc2c1=O)N1CCCC(O)C1. The fourth-order valence-corrected chi connectivity index (χ4v) is 2.62. The Bertz CT molecular complexity index is 774. The largest absolute Gasteiger partial charge is 0.391 e. The zero-order valence-corrected chi connectivity index (χ0v) is 11.8. The van der Waals surface area contributed by atoms with Crippen LogP contribution in [0.5, 0.6) is 0 Å². The van der Waals surface area contributed by atoms with Crippen LogP contribution >= 0.6 is 0 Å². The van der Waals surface area contributed by atoms with E-state index < -0.39 is 23.4 Å². The number of aliphatic hydroxyl groups excluding tert-OH is 1. The van der Waals surface area contributed by atoms with Gasteiger partial charge in [-0.3, -0.25) is 4.79 Å². The van der Waals surface area contributed by atoms with E-state index in [1.54, 1.807) is 0 Å². The number of hydrogen-bond donors (Lipinski definition) is 3. The molecule has 2 aromatic rings. The van der Waals surface area contributed by atoms with E-state index >= 15 is 0 Å². The van der Waals surface area contributed by atoms with Gasteiger partial charge < -0.3 is 20.3 Å². The summed E-state index contributed by atoms with van der Waals surface area (Å²) in [5.41, 5.74) is 0.111. The number of piperidine rings is 1. The molecule has 0 aliphatic carbocycles. The molecule has 0 saturated carbocycles. The minimum atomic E-state index is -0.538. The number of pyridine rings is 1. The Balaban J connectivity index is 1.86. The van der Waals surface area contributed by atoms with Gasteiger partial charge in [0.2, 0.25) is 5.43 Å². The summed E-state index contributed by atoms with van der Waals surface area (Å²) >= 11 is 0. The third kappa shape index (κ3) is 2.80. The third-order valence-corrected chi connectivity index (χ3v) is 3.77. The average molecular weight is 305 g/mol. The highest BCUT2D eigenvalue weighted by Gasteiger charge is 2.22. The van der Waals surface area contributed by atoms with Gasteiger partial charge in [-0.25, -0.2) is 9.18 Å². The number of aromatic amines is 1. The second kappa shape index (κ2) is 5.76. The van der Waals surface area contributed by atoms with Crippen LogP contribution in [0.25, 0.3) is 10.9 Å². The van der Waals surface area contributed by atoms with E-state index in [1.165, 1.54) is 23.2 Å². The third-order valence-electron chi connectivity index (χ3n) is 3.77. The van der Waals surface area contributed by atoms with Crippen LogP contribution in [0.4, 0.5) is 14.9 Å². The first-order valence-corrected chi connectivity index (χ1v) is 7.09. The molecule has 0 bridgehead atoms. The summed E-state index contributed by atoms with van der Waals surface area (Å²) in [4.78, 5) is 28.8. The van der Waals surface area contributed by atoms with Crippen molar-refractivity contribution >= 4 is 22.6 Å². The minimum absolute atomic E-state index is 0.0585. The van der Waals surface area contributed by atoms with Gasteiger partial charge in [0.25, 0.3) is 0 Å². The lowest BCUT2D eigenvalue weighted by molar-refractivity contribution is 0.0883. The van der Waals surface area contributed by atoms with Gasteiger partial charge in [-0.1, -0.05) is 0 Å². The number of rotatable bonds is 1.